The number of carboxylic acids is 3. The molecule has 0 aliphatic rings. The van der Waals surface area contributed by atoms with Crippen LogP contribution in [0.5, 0.6) is 0 Å². The molecule has 4 unspecified atom stereocenters. The van der Waals surface area contributed by atoms with Crippen LogP contribution in [0.15, 0.2) is 0 Å². The van der Waals surface area contributed by atoms with E-state index in [1.165, 1.54) is 6.92 Å². The molecule has 0 fully saturated rings. The fourth-order valence-electron chi connectivity index (χ4n) is 2.31. The molecule has 0 heterocycles. The number of hydrogen-bond acceptors (Lipinski definition) is 7. The van der Waals surface area contributed by atoms with Crippen LogP contribution >= 0.6 is 0 Å². The maximum atomic E-state index is 12.4. The van der Waals surface area contributed by atoms with Gasteiger partial charge in [0.15, 0.2) is 0 Å². The summed E-state index contributed by atoms with van der Waals surface area (Å²) in [7, 11) is 0. The van der Waals surface area contributed by atoms with Gasteiger partial charge in [-0.25, -0.2) is 4.79 Å². The number of carbonyl (C=O) groups is 6. The van der Waals surface area contributed by atoms with Crippen molar-refractivity contribution >= 4 is 35.6 Å². The second-order valence-corrected chi connectivity index (χ2v) is 7.12. The van der Waals surface area contributed by atoms with E-state index in [4.69, 9.17) is 15.9 Å². The monoisotopic (exact) mass is 432 g/mol. The van der Waals surface area contributed by atoms with Gasteiger partial charge in [0.05, 0.1) is 18.9 Å². The molecule has 0 saturated heterocycles. The van der Waals surface area contributed by atoms with Gasteiger partial charge in [-0.15, -0.1) is 0 Å². The number of hydrogen-bond donors (Lipinski definition) is 7. The number of carboxylic acid groups (broad SMARTS) is 3. The van der Waals surface area contributed by atoms with Gasteiger partial charge < -0.3 is 37.0 Å². The van der Waals surface area contributed by atoms with Crippen molar-refractivity contribution in [3.8, 4) is 0 Å². The normalized spacial score (nSPS) is 14.7. The third-order valence-electron chi connectivity index (χ3n) is 3.82. The second kappa shape index (κ2) is 12.4. The molecule has 13 heteroatoms. The molecular weight excluding hydrogens is 404 g/mol. The molecule has 30 heavy (non-hydrogen) atoms. The SMILES string of the molecule is CC(C)CC(NC(=O)C(CC(=O)O)NC(=O)C(C)NC(=O)C(N)CC(=O)O)C(=O)O. The Morgan fingerprint density at radius 2 is 1.23 bits per heavy atom. The van der Waals surface area contributed by atoms with Crippen molar-refractivity contribution in [1.29, 1.82) is 0 Å². The van der Waals surface area contributed by atoms with Crippen molar-refractivity contribution in [2.75, 3.05) is 0 Å². The van der Waals surface area contributed by atoms with E-state index in [1.807, 2.05) is 0 Å². The first-order valence-electron chi connectivity index (χ1n) is 9.07. The van der Waals surface area contributed by atoms with E-state index in [0.29, 0.717) is 0 Å². The Kier molecular flexibility index (Phi) is 11.0. The molecule has 0 spiro atoms. The molecule has 0 aromatic heterocycles. The number of carbonyl (C=O) groups excluding carboxylic acids is 3. The van der Waals surface area contributed by atoms with Crippen molar-refractivity contribution in [2.45, 2.75) is 64.2 Å². The van der Waals surface area contributed by atoms with Crippen LogP contribution in [0.2, 0.25) is 0 Å². The van der Waals surface area contributed by atoms with Crippen LogP contribution < -0.4 is 21.7 Å². The summed E-state index contributed by atoms with van der Waals surface area (Å²) in [6.07, 6.45) is -1.41. The maximum Gasteiger partial charge on any atom is 0.326 e. The molecular formula is C17H28N4O9. The van der Waals surface area contributed by atoms with E-state index in [0.717, 1.165) is 0 Å². The molecule has 0 aromatic rings. The molecule has 170 valence electrons. The molecule has 0 bridgehead atoms. The van der Waals surface area contributed by atoms with Crippen molar-refractivity contribution < 1.29 is 44.1 Å². The summed E-state index contributed by atoms with van der Waals surface area (Å²) < 4.78 is 0. The van der Waals surface area contributed by atoms with Crippen LogP contribution in [0.3, 0.4) is 0 Å². The van der Waals surface area contributed by atoms with Gasteiger partial charge in [0, 0.05) is 0 Å². The highest BCUT2D eigenvalue weighted by molar-refractivity contribution is 5.95. The molecule has 0 rings (SSSR count). The first kappa shape index (κ1) is 26.8. The van der Waals surface area contributed by atoms with Crippen LogP contribution in [0.4, 0.5) is 0 Å². The molecule has 0 aliphatic carbocycles. The third kappa shape index (κ3) is 10.4. The Balaban J connectivity index is 5.13. The highest BCUT2D eigenvalue weighted by Crippen LogP contribution is 2.06. The molecule has 3 amide bonds. The van der Waals surface area contributed by atoms with Crippen molar-refractivity contribution in [3.05, 3.63) is 0 Å². The van der Waals surface area contributed by atoms with E-state index >= 15 is 0 Å². The molecule has 8 N–H and O–H groups in total. The molecule has 0 radical (unpaired) electrons. The van der Waals surface area contributed by atoms with Crippen LogP contribution in [-0.2, 0) is 28.8 Å². The van der Waals surface area contributed by atoms with Crippen LogP contribution in [0.1, 0.15) is 40.0 Å². The number of nitrogens with one attached hydrogen (secondary N) is 3. The fraction of sp³-hybridized carbons (Fsp3) is 0.647. The quantitative estimate of drug-likeness (QED) is 0.167. The summed E-state index contributed by atoms with van der Waals surface area (Å²) >= 11 is 0. The standard InChI is InChI=1S/C17H28N4O9/c1-7(2)4-11(17(29)30)21-16(28)10(6-13(24)25)20-14(26)8(3)19-15(27)9(18)5-12(22)23/h7-11H,4-6,18H2,1-3H3,(H,19,27)(H,20,26)(H,21,28)(H,22,23)(H,24,25)(H,29,30). The van der Waals surface area contributed by atoms with E-state index in [2.05, 4.69) is 16.0 Å². The van der Waals surface area contributed by atoms with Gasteiger partial charge in [-0.2, -0.15) is 0 Å². The highest BCUT2D eigenvalue weighted by Gasteiger charge is 2.30. The lowest BCUT2D eigenvalue weighted by Crippen LogP contribution is -2.57. The Labute approximate surface area is 172 Å². The highest BCUT2D eigenvalue weighted by atomic mass is 16.4. The number of nitrogens with two attached hydrogens (primary N) is 1. The number of amides is 3. The zero-order valence-corrected chi connectivity index (χ0v) is 16.9. The van der Waals surface area contributed by atoms with Crippen molar-refractivity contribution in [1.82, 2.24) is 16.0 Å². The minimum Gasteiger partial charge on any atom is -0.481 e. The van der Waals surface area contributed by atoms with Gasteiger partial charge in [-0.3, -0.25) is 24.0 Å². The number of rotatable bonds is 13. The summed E-state index contributed by atoms with van der Waals surface area (Å²) in [4.78, 5) is 69.3. The smallest absolute Gasteiger partial charge is 0.326 e. The third-order valence-corrected chi connectivity index (χ3v) is 3.82. The van der Waals surface area contributed by atoms with E-state index < -0.39 is 72.6 Å². The summed E-state index contributed by atoms with van der Waals surface area (Å²) in [5.41, 5.74) is 5.38. The molecule has 0 saturated carbocycles. The van der Waals surface area contributed by atoms with Crippen molar-refractivity contribution in [3.63, 3.8) is 0 Å². The minimum atomic E-state index is -1.60. The zero-order valence-electron chi connectivity index (χ0n) is 16.9. The van der Waals surface area contributed by atoms with Crippen molar-refractivity contribution in [2.24, 2.45) is 11.7 Å². The predicted octanol–water partition coefficient (Wildman–Crippen LogP) is -2.13. The Hall–Kier alpha value is -3.22. The second-order valence-electron chi connectivity index (χ2n) is 7.12. The van der Waals surface area contributed by atoms with E-state index in [1.54, 1.807) is 13.8 Å². The topological polar surface area (TPSA) is 225 Å². The summed E-state index contributed by atoms with van der Waals surface area (Å²) in [5.74, 6) is -7.02. The Morgan fingerprint density at radius 1 is 0.733 bits per heavy atom. The summed E-state index contributed by atoms with van der Waals surface area (Å²) in [6, 6.07) is -5.57. The first-order valence-corrected chi connectivity index (χ1v) is 9.07. The van der Waals surface area contributed by atoms with E-state index in [9.17, 15) is 33.9 Å². The van der Waals surface area contributed by atoms with Gasteiger partial charge >= 0.3 is 17.9 Å². The van der Waals surface area contributed by atoms with E-state index in [-0.39, 0.29) is 12.3 Å². The van der Waals surface area contributed by atoms with Gasteiger partial charge in [-0.1, -0.05) is 13.8 Å². The average molecular weight is 432 g/mol. The largest absolute Gasteiger partial charge is 0.481 e. The molecule has 13 nitrogen and oxygen atoms in total. The van der Waals surface area contributed by atoms with Gasteiger partial charge in [-0.05, 0) is 19.3 Å². The zero-order chi connectivity index (χ0) is 23.6. The van der Waals surface area contributed by atoms with Gasteiger partial charge in [0.2, 0.25) is 17.7 Å². The summed E-state index contributed by atoms with van der Waals surface area (Å²) in [5, 5.41) is 33.3. The molecule has 0 aliphatic heterocycles. The predicted molar refractivity (Wildman–Crippen MR) is 101 cm³/mol. The Bertz CT molecular complexity index is 680. The van der Waals surface area contributed by atoms with Crippen LogP contribution in [0.25, 0.3) is 0 Å². The molecule has 0 aromatic carbocycles. The lowest BCUT2D eigenvalue weighted by atomic mass is 10.0. The minimum absolute atomic E-state index is 0.0795. The van der Waals surface area contributed by atoms with Crippen LogP contribution in [-0.4, -0.2) is 75.1 Å². The van der Waals surface area contributed by atoms with Crippen LogP contribution in [0, 0.1) is 5.92 Å². The number of aliphatic carboxylic acids is 3. The van der Waals surface area contributed by atoms with Gasteiger partial charge in [0.1, 0.15) is 18.1 Å². The fourth-order valence-corrected chi connectivity index (χ4v) is 2.31. The lowest BCUT2D eigenvalue weighted by molar-refractivity contribution is -0.144. The van der Waals surface area contributed by atoms with Gasteiger partial charge in [0.25, 0.3) is 0 Å². The molecule has 4 atom stereocenters. The first-order chi connectivity index (χ1) is 13.7. The maximum absolute atomic E-state index is 12.4. The Morgan fingerprint density at radius 3 is 1.67 bits per heavy atom. The average Bonchev–Trinajstić information content (AvgIpc) is 2.58. The lowest BCUT2D eigenvalue weighted by Gasteiger charge is -2.23. The summed E-state index contributed by atoms with van der Waals surface area (Å²) in [6.45, 7) is 4.69.